The van der Waals surface area contributed by atoms with E-state index in [1.165, 1.54) is 25.8 Å². The highest BCUT2D eigenvalue weighted by Crippen LogP contribution is 2.40. The number of fused-ring (bicyclic) bond motifs is 1. The van der Waals surface area contributed by atoms with Crippen LogP contribution in [0.4, 0.5) is 0 Å². The number of alkyl halides is 1. The highest BCUT2D eigenvalue weighted by molar-refractivity contribution is 6.20. The van der Waals surface area contributed by atoms with Gasteiger partial charge in [0.2, 0.25) is 5.75 Å². The standard InChI is InChI=1S/C27H29ClN4O6/c1-30-21(14-12-17-11-13-20(35-3)24(37-5)23(17)36-4)29-25-22(30)26(33)31(2)27(34)32(25)15-18(28)16-38-19-9-7-6-8-10-19/h6-14,18H,15-16H2,1-5H3/b14-12+. The first-order valence-electron chi connectivity index (χ1n) is 11.8. The van der Waals surface area contributed by atoms with Crippen LogP contribution in [0, 0.1) is 0 Å². The summed E-state index contributed by atoms with van der Waals surface area (Å²) in [7, 11) is 7.76. The van der Waals surface area contributed by atoms with Crippen molar-refractivity contribution in [3.05, 3.63) is 74.7 Å². The number of hydrogen-bond acceptors (Lipinski definition) is 7. The van der Waals surface area contributed by atoms with Gasteiger partial charge in [-0.2, -0.15) is 0 Å². The largest absolute Gasteiger partial charge is 0.493 e. The molecule has 0 saturated carbocycles. The number of imidazole rings is 1. The second-order valence-electron chi connectivity index (χ2n) is 8.44. The second kappa shape index (κ2) is 11.5. The Bertz CT molecular complexity index is 1590. The van der Waals surface area contributed by atoms with E-state index in [-0.39, 0.29) is 24.3 Å². The second-order valence-corrected chi connectivity index (χ2v) is 9.05. The lowest BCUT2D eigenvalue weighted by Gasteiger charge is -2.14. The maximum absolute atomic E-state index is 13.0. The normalized spacial score (nSPS) is 12.2. The minimum atomic E-state index is -0.550. The Kier molecular flexibility index (Phi) is 8.11. The predicted molar refractivity (Wildman–Crippen MR) is 147 cm³/mol. The molecule has 38 heavy (non-hydrogen) atoms. The Hall–Kier alpha value is -4.18. The molecule has 4 aromatic rings. The van der Waals surface area contributed by atoms with Crippen LogP contribution < -0.4 is 30.2 Å². The highest BCUT2D eigenvalue weighted by atomic mass is 35.5. The molecule has 200 valence electrons. The van der Waals surface area contributed by atoms with Crippen LogP contribution in [0.5, 0.6) is 23.0 Å². The number of hydrogen-bond donors (Lipinski definition) is 0. The van der Waals surface area contributed by atoms with Gasteiger partial charge < -0.3 is 23.5 Å². The molecule has 0 fully saturated rings. The summed E-state index contributed by atoms with van der Waals surface area (Å²) in [5.41, 5.74) is 0.263. The van der Waals surface area contributed by atoms with Crippen LogP contribution in [0.25, 0.3) is 23.3 Å². The van der Waals surface area contributed by atoms with Crippen LogP contribution in [0.3, 0.4) is 0 Å². The number of halogens is 1. The van der Waals surface area contributed by atoms with Gasteiger partial charge in [-0.05, 0) is 36.4 Å². The quantitative estimate of drug-likeness (QED) is 0.285. The first-order chi connectivity index (χ1) is 18.3. The van der Waals surface area contributed by atoms with Crippen molar-refractivity contribution < 1.29 is 18.9 Å². The van der Waals surface area contributed by atoms with Crippen molar-refractivity contribution in [3.8, 4) is 23.0 Å². The predicted octanol–water partition coefficient (Wildman–Crippen LogP) is 3.32. The van der Waals surface area contributed by atoms with Crippen molar-refractivity contribution in [1.82, 2.24) is 18.7 Å². The number of aromatic nitrogens is 4. The molecule has 2 aromatic heterocycles. The van der Waals surface area contributed by atoms with E-state index in [0.717, 1.165) is 4.57 Å². The zero-order valence-electron chi connectivity index (χ0n) is 21.8. The topological polar surface area (TPSA) is 98.7 Å². The third-order valence-electron chi connectivity index (χ3n) is 6.09. The van der Waals surface area contributed by atoms with E-state index in [4.69, 9.17) is 30.5 Å². The van der Waals surface area contributed by atoms with Gasteiger partial charge >= 0.3 is 5.69 Å². The van der Waals surface area contributed by atoms with Crippen molar-refractivity contribution in [2.45, 2.75) is 11.9 Å². The lowest BCUT2D eigenvalue weighted by Crippen LogP contribution is -2.40. The number of para-hydroxylation sites is 1. The zero-order chi connectivity index (χ0) is 27.4. The fourth-order valence-electron chi connectivity index (χ4n) is 4.13. The molecule has 0 radical (unpaired) electrons. The molecule has 0 N–H and O–H groups in total. The molecule has 0 aliphatic heterocycles. The van der Waals surface area contributed by atoms with Crippen molar-refractivity contribution in [3.63, 3.8) is 0 Å². The fraction of sp³-hybridized carbons (Fsp3) is 0.296. The van der Waals surface area contributed by atoms with Gasteiger partial charge in [-0.25, -0.2) is 9.78 Å². The van der Waals surface area contributed by atoms with Crippen LogP contribution in [-0.4, -0.2) is 52.0 Å². The average molecular weight is 541 g/mol. The molecular weight excluding hydrogens is 512 g/mol. The number of rotatable bonds is 10. The first-order valence-corrected chi connectivity index (χ1v) is 12.2. The molecule has 1 unspecified atom stereocenters. The van der Waals surface area contributed by atoms with Crippen LogP contribution >= 0.6 is 11.6 Å². The number of nitrogens with zero attached hydrogens (tertiary/aromatic N) is 4. The van der Waals surface area contributed by atoms with Crippen LogP contribution in [0.15, 0.2) is 52.1 Å². The third-order valence-corrected chi connectivity index (χ3v) is 6.36. The summed E-state index contributed by atoms with van der Waals surface area (Å²) in [5, 5.41) is -0.550. The van der Waals surface area contributed by atoms with Gasteiger partial charge in [0.05, 0.1) is 26.7 Å². The molecule has 0 bridgehead atoms. The van der Waals surface area contributed by atoms with Crippen molar-refractivity contribution in [2.24, 2.45) is 14.1 Å². The van der Waals surface area contributed by atoms with E-state index >= 15 is 0 Å². The Labute approximate surface area is 224 Å². The lowest BCUT2D eigenvalue weighted by molar-refractivity contribution is 0.304. The molecule has 4 rings (SSSR count). The summed E-state index contributed by atoms with van der Waals surface area (Å²) in [5.74, 6) is 2.60. The Morgan fingerprint density at radius 2 is 1.63 bits per heavy atom. The van der Waals surface area contributed by atoms with E-state index in [2.05, 4.69) is 4.98 Å². The maximum atomic E-state index is 13.0. The van der Waals surface area contributed by atoms with Crippen LogP contribution in [0.2, 0.25) is 0 Å². The van der Waals surface area contributed by atoms with Crippen LogP contribution in [0.1, 0.15) is 11.4 Å². The van der Waals surface area contributed by atoms with Gasteiger partial charge in [0, 0.05) is 26.2 Å². The van der Waals surface area contributed by atoms with Gasteiger partial charge in [-0.15, -0.1) is 11.6 Å². The molecule has 2 heterocycles. The number of methoxy groups -OCH3 is 3. The number of aryl methyl sites for hydroxylation is 1. The molecule has 2 aromatic carbocycles. The van der Waals surface area contributed by atoms with E-state index in [1.807, 2.05) is 36.4 Å². The molecular formula is C27H29ClN4O6. The van der Waals surface area contributed by atoms with E-state index in [9.17, 15) is 9.59 Å². The van der Waals surface area contributed by atoms with Crippen molar-refractivity contribution in [1.29, 1.82) is 0 Å². The number of ether oxygens (including phenoxy) is 4. The average Bonchev–Trinajstić information content (AvgIpc) is 3.27. The summed E-state index contributed by atoms with van der Waals surface area (Å²) in [6.07, 6.45) is 3.52. The summed E-state index contributed by atoms with van der Waals surface area (Å²) >= 11 is 6.55. The lowest BCUT2D eigenvalue weighted by atomic mass is 10.1. The minimum Gasteiger partial charge on any atom is -0.493 e. The van der Waals surface area contributed by atoms with Crippen molar-refractivity contribution in [2.75, 3.05) is 27.9 Å². The van der Waals surface area contributed by atoms with Gasteiger partial charge in [-0.1, -0.05) is 18.2 Å². The SMILES string of the molecule is COc1ccc(/C=C/c2nc3c(c(=O)n(C)c(=O)n3CC(Cl)COc3ccccc3)n2C)c(OC)c1OC. The summed E-state index contributed by atoms with van der Waals surface area (Å²) in [6, 6.07) is 12.8. The number of benzene rings is 2. The molecule has 1 atom stereocenters. The van der Waals surface area contributed by atoms with E-state index in [1.54, 1.807) is 36.9 Å². The first kappa shape index (κ1) is 26.9. The zero-order valence-corrected chi connectivity index (χ0v) is 22.6. The molecule has 10 nitrogen and oxygen atoms in total. The van der Waals surface area contributed by atoms with E-state index in [0.29, 0.717) is 34.4 Å². The Balaban J connectivity index is 1.71. The van der Waals surface area contributed by atoms with Crippen LogP contribution in [-0.2, 0) is 20.6 Å². The molecule has 0 amide bonds. The summed E-state index contributed by atoms with van der Waals surface area (Å²) in [4.78, 5) is 30.7. The third kappa shape index (κ3) is 5.12. The monoisotopic (exact) mass is 540 g/mol. The molecule has 0 saturated heterocycles. The molecule has 0 spiro atoms. The molecule has 0 aliphatic carbocycles. The summed E-state index contributed by atoms with van der Waals surface area (Å²) in [6.45, 7) is 0.266. The molecule has 0 aliphatic rings. The van der Waals surface area contributed by atoms with Gasteiger partial charge in [0.25, 0.3) is 5.56 Å². The van der Waals surface area contributed by atoms with E-state index < -0.39 is 16.6 Å². The Morgan fingerprint density at radius 1 is 0.921 bits per heavy atom. The smallest absolute Gasteiger partial charge is 0.332 e. The van der Waals surface area contributed by atoms with Gasteiger partial charge in [-0.3, -0.25) is 13.9 Å². The Morgan fingerprint density at radius 3 is 2.29 bits per heavy atom. The van der Waals surface area contributed by atoms with Gasteiger partial charge in [0.15, 0.2) is 22.7 Å². The highest BCUT2D eigenvalue weighted by Gasteiger charge is 2.20. The van der Waals surface area contributed by atoms with Crippen molar-refractivity contribution >= 4 is 34.9 Å². The van der Waals surface area contributed by atoms with Gasteiger partial charge in [0.1, 0.15) is 18.2 Å². The summed E-state index contributed by atoms with van der Waals surface area (Å²) < 4.78 is 26.2. The minimum absolute atomic E-state index is 0.0987. The fourth-order valence-corrected chi connectivity index (χ4v) is 4.33. The maximum Gasteiger partial charge on any atom is 0.332 e. The molecule has 11 heteroatoms.